The summed E-state index contributed by atoms with van der Waals surface area (Å²) in [5.41, 5.74) is 0. The quantitative estimate of drug-likeness (QED) is 0.815. The molecule has 1 aromatic heterocycles. The molecule has 1 rings (SSSR count). The standard InChI is InChI=1S/C7H9ClN2O2S2/c8-6-5-10-2-1-7(6)13-3-4-14(9,11)12/h1-2,5H,3-4H2,(H2,9,11,12). The van der Waals surface area contributed by atoms with Crippen molar-refractivity contribution in [2.24, 2.45) is 5.14 Å². The Bertz CT molecular complexity index is 408. The van der Waals surface area contributed by atoms with E-state index in [0.29, 0.717) is 10.8 Å². The molecule has 4 nitrogen and oxygen atoms in total. The number of thioether (sulfide) groups is 1. The minimum absolute atomic E-state index is 0.0592. The minimum atomic E-state index is -3.39. The molecular weight excluding hydrogens is 244 g/mol. The zero-order valence-corrected chi connectivity index (χ0v) is 9.57. The van der Waals surface area contributed by atoms with Crippen LogP contribution in [0.5, 0.6) is 0 Å². The number of rotatable bonds is 4. The molecule has 0 unspecified atom stereocenters. The maximum atomic E-state index is 10.6. The van der Waals surface area contributed by atoms with Gasteiger partial charge in [0.15, 0.2) is 0 Å². The van der Waals surface area contributed by atoms with Crippen LogP contribution < -0.4 is 5.14 Å². The molecular formula is C7H9ClN2O2S2. The van der Waals surface area contributed by atoms with Gasteiger partial charge in [0.1, 0.15) is 0 Å². The molecule has 7 heteroatoms. The SMILES string of the molecule is NS(=O)(=O)CCSc1ccncc1Cl. The first kappa shape index (κ1) is 11.8. The van der Waals surface area contributed by atoms with E-state index in [9.17, 15) is 8.42 Å². The van der Waals surface area contributed by atoms with Crippen LogP contribution >= 0.6 is 23.4 Å². The van der Waals surface area contributed by atoms with Crippen molar-refractivity contribution in [2.45, 2.75) is 4.90 Å². The van der Waals surface area contributed by atoms with Gasteiger partial charge in [-0.2, -0.15) is 0 Å². The molecule has 0 aliphatic carbocycles. The second-order valence-corrected chi connectivity index (χ2v) is 5.80. The number of hydrogen-bond donors (Lipinski definition) is 1. The van der Waals surface area contributed by atoms with E-state index in [1.54, 1.807) is 12.3 Å². The Balaban J connectivity index is 2.51. The third kappa shape index (κ3) is 4.28. The van der Waals surface area contributed by atoms with E-state index in [1.807, 2.05) is 0 Å². The first-order chi connectivity index (χ1) is 6.49. The Morgan fingerprint density at radius 1 is 1.57 bits per heavy atom. The van der Waals surface area contributed by atoms with Crippen molar-refractivity contribution in [3.63, 3.8) is 0 Å². The number of aromatic nitrogens is 1. The molecule has 0 radical (unpaired) electrons. The molecule has 0 bridgehead atoms. The third-order valence-corrected chi connectivity index (χ3v) is 3.88. The van der Waals surface area contributed by atoms with Gasteiger partial charge in [0.25, 0.3) is 0 Å². The summed E-state index contributed by atoms with van der Waals surface area (Å²) >= 11 is 7.15. The van der Waals surface area contributed by atoms with Gasteiger partial charge in [-0.3, -0.25) is 4.98 Å². The van der Waals surface area contributed by atoms with Gasteiger partial charge in [0, 0.05) is 23.0 Å². The normalized spacial score (nSPS) is 11.6. The fraction of sp³-hybridized carbons (Fsp3) is 0.286. The Kier molecular flexibility index (Phi) is 4.18. The number of hydrogen-bond acceptors (Lipinski definition) is 4. The molecule has 0 aromatic carbocycles. The fourth-order valence-corrected chi connectivity index (χ4v) is 2.86. The minimum Gasteiger partial charge on any atom is -0.263 e. The van der Waals surface area contributed by atoms with Crippen molar-refractivity contribution in [3.05, 3.63) is 23.5 Å². The molecule has 1 heterocycles. The van der Waals surface area contributed by atoms with E-state index in [1.165, 1.54) is 18.0 Å². The Labute approximate surface area is 91.9 Å². The van der Waals surface area contributed by atoms with Gasteiger partial charge in [-0.15, -0.1) is 11.8 Å². The molecule has 14 heavy (non-hydrogen) atoms. The molecule has 0 spiro atoms. The van der Waals surface area contributed by atoms with Gasteiger partial charge < -0.3 is 0 Å². The maximum Gasteiger partial charge on any atom is 0.209 e. The van der Waals surface area contributed by atoms with Gasteiger partial charge in [-0.25, -0.2) is 13.6 Å². The lowest BCUT2D eigenvalue weighted by Crippen LogP contribution is -2.17. The number of pyridine rings is 1. The molecule has 0 atom stereocenters. The highest BCUT2D eigenvalue weighted by Gasteiger charge is 2.04. The predicted molar refractivity (Wildman–Crippen MR) is 57.9 cm³/mol. The number of nitrogens with zero attached hydrogens (tertiary/aromatic N) is 1. The summed E-state index contributed by atoms with van der Waals surface area (Å²) in [5, 5.41) is 5.37. The topological polar surface area (TPSA) is 73.1 Å². The van der Waals surface area contributed by atoms with Crippen LogP contribution in [0.4, 0.5) is 0 Å². The van der Waals surface area contributed by atoms with Crippen molar-refractivity contribution in [1.29, 1.82) is 0 Å². The van der Waals surface area contributed by atoms with E-state index in [-0.39, 0.29) is 5.75 Å². The van der Waals surface area contributed by atoms with Gasteiger partial charge in [0.2, 0.25) is 10.0 Å². The van der Waals surface area contributed by atoms with Crippen molar-refractivity contribution < 1.29 is 8.42 Å². The highest BCUT2D eigenvalue weighted by atomic mass is 35.5. The largest absolute Gasteiger partial charge is 0.263 e. The predicted octanol–water partition coefficient (Wildman–Crippen LogP) is 1.12. The number of sulfonamides is 1. The molecule has 0 fully saturated rings. The molecule has 0 aliphatic heterocycles. The van der Waals surface area contributed by atoms with E-state index >= 15 is 0 Å². The van der Waals surface area contributed by atoms with Crippen molar-refractivity contribution in [1.82, 2.24) is 4.98 Å². The zero-order valence-electron chi connectivity index (χ0n) is 7.18. The fourth-order valence-electron chi connectivity index (χ4n) is 0.747. The van der Waals surface area contributed by atoms with Crippen LogP contribution in [0.15, 0.2) is 23.4 Å². The lowest BCUT2D eigenvalue weighted by atomic mass is 10.5. The summed E-state index contributed by atoms with van der Waals surface area (Å²) in [5.74, 6) is 0.332. The van der Waals surface area contributed by atoms with Crippen LogP contribution in [0.2, 0.25) is 5.02 Å². The highest BCUT2D eigenvalue weighted by Crippen LogP contribution is 2.25. The number of nitrogens with two attached hydrogens (primary N) is 1. The summed E-state index contributed by atoms with van der Waals surface area (Å²) in [4.78, 5) is 4.62. The van der Waals surface area contributed by atoms with Crippen LogP contribution in [0.3, 0.4) is 0 Å². The summed E-state index contributed by atoms with van der Waals surface area (Å²) in [7, 11) is -3.39. The summed E-state index contributed by atoms with van der Waals surface area (Å²) in [6.45, 7) is 0. The summed E-state index contributed by atoms with van der Waals surface area (Å²) < 4.78 is 21.3. The van der Waals surface area contributed by atoms with Gasteiger partial charge in [0.05, 0.1) is 10.8 Å². The van der Waals surface area contributed by atoms with Crippen LogP contribution in [-0.4, -0.2) is 24.9 Å². The second kappa shape index (κ2) is 4.97. The Hall–Kier alpha value is -0.300. The Morgan fingerprint density at radius 2 is 2.29 bits per heavy atom. The van der Waals surface area contributed by atoms with Crippen molar-refractivity contribution >= 4 is 33.4 Å². The summed E-state index contributed by atoms with van der Waals surface area (Å²) in [6.07, 6.45) is 3.12. The van der Waals surface area contributed by atoms with Gasteiger partial charge in [-0.05, 0) is 6.07 Å². The van der Waals surface area contributed by atoms with Crippen LogP contribution in [0, 0.1) is 0 Å². The number of primary sulfonamides is 1. The first-order valence-corrected chi connectivity index (χ1v) is 6.80. The monoisotopic (exact) mass is 252 g/mol. The molecule has 0 saturated carbocycles. The first-order valence-electron chi connectivity index (χ1n) is 3.72. The molecule has 0 aliphatic rings. The molecule has 0 saturated heterocycles. The van der Waals surface area contributed by atoms with Gasteiger partial charge >= 0.3 is 0 Å². The maximum absolute atomic E-state index is 10.6. The summed E-state index contributed by atoms with van der Waals surface area (Å²) in [6, 6.07) is 1.73. The smallest absolute Gasteiger partial charge is 0.209 e. The van der Waals surface area contributed by atoms with Crippen molar-refractivity contribution in [2.75, 3.05) is 11.5 Å². The highest BCUT2D eigenvalue weighted by molar-refractivity contribution is 8.00. The average molecular weight is 253 g/mol. The number of halogens is 1. The molecule has 1 aromatic rings. The van der Waals surface area contributed by atoms with Crippen LogP contribution in [0.25, 0.3) is 0 Å². The van der Waals surface area contributed by atoms with E-state index in [2.05, 4.69) is 4.98 Å². The molecule has 0 amide bonds. The second-order valence-electron chi connectivity index (χ2n) is 2.52. The van der Waals surface area contributed by atoms with Crippen LogP contribution in [-0.2, 0) is 10.0 Å². The van der Waals surface area contributed by atoms with E-state index < -0.39 is 10.0 Å². The third-order valence-electron chi connectivity index (χ3n) is 1.36. The average Bonchev–Trinajstić information content (AvgIpc) is 2.06. The Morgan fingerprint density at radius 3 is 2.86 bits per heavy atom. The van der Waals surface area contributed by atoms with E-state index in [4.69, 9.17) is 16.7 Å². The molecule has 78 valence electrons. The zero-order chi connectivity index (χ0) is 10.6. The van der Waals surface area contributed by atoms with Crippen molar-refractivity contribution in [3.8, 4) is 0 Å². The molecule has 2 N–H and O–H groups in total. The van der Waals surface area contributed by atoms with Crippen LogP contribution in [0.1, 0.15) is 0 Å². The lowest BCUT2D eigenvalue weighted by molar-refractivity contribution is 0.599. The lowest BCUT2D eigenvalue weighted by Gasteiger charge is -2.01. The van der Waals surface area contributed by atoms with E-state index in [0.717, 1.165) is 4.90 Å². The van der Waals surface area contributed by atoms with Gasteiger partial charge in [-0.1, -0.05) is 11.6 Å².